The fourth-order valence-corrected chi connectivity index (χ4v) is 2.40. The maximum absolute atomic E-state index is 11.8. The van der Waals surface area contributed by atoms with Crippen molar-refractivity contribution in [2.75, 3.05) is 33.9 Å². The van der Waals surface area contributed by atoms with Crippen LogP contribution in [-0.4, -0.2) is 50.6 Å². The summed E-state index contributed by atoms with van der Waals surface area (Å²) < 4.78 is 10.4. The van der Waals surface area contributed by atoms with Crippen LogP contribution in [-0.2, 0) is 9.59 Å². The number of benzene rings is 1. The first kappa shape index (κ1) is 16.9. The summed E-state index contributed by atoms with van der Waals surface area (Å²) in [6.07, 6.45) is 5.13. The molecule has 0 unspecified atom stereocenters. The van der Waals surface area contributed by atoms with Gasteiger partial charge in [0, 0.05) is 25.2 Å². The highest BCUT2D eigenvalue weighted by Gasteiger charge is 2.17. The molecule has 124 valence electrons. The molecule has 0 saturated carbocycles. The van der Waals surface area contributed by atoms with Crippen LogP contribution >= 0.6 is 0 Å². The quantitative estimate of drug-likeness (QED) is 0.806. The first-order valence-electron chi connectivity index (χ1n) is 7.59. The van der Waals surface area contributed by atoms with Crippen molar-refractivity contribution < 1.29 is 19.1 Å². The molecule has 1 N–H and O–H groups in total. The number of nitrogens with one attached hydrogen (secondary N) is 1. The van der Waals surface area contributed by atoms with Gasteiger partial charge in [-0.05, 0) is 36.6 Å². The number of rotatable bonds is 6. The van der Waals surface area contributed by atoms with E-state index in [1.165, 1.54) is 6.08 Å². The second-order valence-corrected chi connectivity index (χ2v) is 5.29. The van der Waals surface area contributed by atoms with Crippen LogP contribution in [0.5, 0.6) is 11.5 Å². The van der Waals surface area contributed by atoms with Gasteiger partial charge in [-0.3, -0.25) is 9.59 Å². The van der Waals surface area contributed by atoms with E-state index in [-0.39, 0.29) is 18.4 Å². The molecule has 0 atom stereocenters. The van der Waals surface area contributed by atoms with Gasteiger partial charge in [0.15, 0.2) is 0 Å². The summed E-state index contributed by atoms with van der Waals surface area (Å²) in [5.41, 5.74) is 0.780. The number of ether oxygens (including phenoxy) is 2. The van der Waals surface area contributed by atoms with Crippen LogP contribution < -0.4 is 14.8 Å². The van der Waals surface area contributed by atoms with E-state index in [1.54, 1.807) is 43.4 Å². The van der Waals surface area contributed by atoms with Crippen molar-refractivity contribution >= 4 is 17.9 Å². The molecule has 0 radical (unpaired) electrons. The molecule has 1 fully saturated rings. The van der Waals surface area contributed by atoms with Crippen molar-refractivity contribution in [1.82, 2.24) is 10.2 Å². The molecule has 0 spiro atoms. The Morgan fingerprint density at radius 3 is 2.30 bits per heavy atom. The van der Waals surface area contributed by atoms with E-state index in [0.717, 1.165) is 31.5 Å². The molecule has 6 heteroatoms. The first-order chi connectivity index (χ1) is 11.1. The largest absolute Gasteiger partial charge is 0.497 e. The second-order valence-electron chi connectivity index (χ2n) is 5.29. The molecule has 2 rings (SSSR count). The number of hydrogen-bond acceptors (Lipinski definition) is 4. The van der Waals surface area contributed by atoms with E-state index in [0.29, 0.717) is 11.5 Å². The molecule has 1 heterocycles. The average molecular weight is 318 g/mol. The minimum absolute atomic E-state index is 0.0323. The van der Waals surface area contributed by atoms with Crippen LogP contribution in [0.25, 0.3) is 6.08 Å². The van der Waals surface area contributed by atoms with Gasteiger partial charge in [0.1, 0.15) is 11.5 Å². The number of nitrogens with zero attached hydrogens (tertiary/aromatic N) is 1. The van der Waals surface area contributed by atoms with Crippen LogP contribution in [0.4, 0.5) is 0 Å². The summed E-state index contributed by atoms with van der Waals surface area (Å²) in [6.45, 7) is 1.60. The molecule has 1 aromatic rings. The molecule has 6 nitrogen and oxygen atoms in total. The molecular formula is C17H22N2O4. The van der Waals surface area contributed by atoms with E-state index in [1.807, 2.05) is 0 Å². The molecule has 1 aromatic carbocycles. The van der Waals surface area contributed by atoms with Crippen LogP contribution in [0.2, 0.25) is 0 Å². The zero-order chi connectivity index (χ0) is 16.7. The van der Waals surface area contributed by atoms with Gasteiger partial charge in [-0.1, -0.05) is 0 Å². The first-order valence-corrected chi connectivity index (χ1v) is 7.59. The fraction of sp³-hybridized carbons (Fsp3) is 0.412. The lowest BCUT2D eigenvalue weighted by molar-refractivity contribution is -0.131. The number of methoxy groups -OCH3 is 2. The number of hydrogen-bond donors (Lipinski definition) is 1. The van der Waals surface area contributed by atoms with Crippen molar-refractivity contribution in [3.8, 4) is 11.5 Å². The van der Waals surface area contributed by atoms with Gasteiger partial charge in [-0.2, -0.15) is 0 Å². The maximum Gasteiger partial charge on any atom is 0.244 e. The van der Waals surface area contributed by atoms with Crippen molar-refractivity contribution in [2.45, 2.75) is 12.8 Å². The Morgan fingerprint density at radius 2 is 1.74 bits per heavy atom. The van der Waals surface area contributed by atoms with E-state index in [9.17, 15) is 9.59 Å². The Bertz CT molecular complexity index is 570. The monoisotopic (exact) mass is 318 g/mol. The predicted octanol–water partition coefficient (Wildman–Crippen LogP) is 1.46. The Morgan fingerprint density at radius 1 is 1.13 bits per heavy atom. The third-order valence-electron chi connectivity index (χ3n) is 3.67. The maximum atomic E-state index is 11.8. The van der Waals surface area contributed by atoms with Crippen LogP contribution in [0.15, 0.2) is 24.3 Å². The smallest absolute Gasteiger partial charge is 0.244 e. The molecule has 1 aliphatic heterocycles. The summed E-state index contributed by atoms with van der Waals surface area (Å²) in [6, 6.07) is 5.34. The Kier molecular flexibility index (Phi) is 6.02. The van der Waals surface area contributed by atoms with Gasteiger partial charge in [0.05, 0.1) is 20.8 Å². The Labute approximate surface area is 136 Å². The zero-order valence-electron chi connectivity index (χ0n) is 13.5. The topological polar surface area (TPSA) is 67.9 Å². The number of carbonyl (C=O) groups excluding carboxylic acids is 2. The summed E-state index contributed by atoms with van der Waals surface area (Å²) in [4.78, 5) is 25.4. The molecular weight excluding hydrogens is 296 g/mol. The summed E-state index contributed by atoms with van der Waals surface area (Å²) in [5.74, 6) is 0.953. The van der Waals surface area contributed by atoms with Gasteiger partial charge >= 0.3 is 0 Å². The fourth-order valence-electron chi connectivity index (χ4n) is 2.40. The SMILES string of the molecule is COc1cc(/C=C/C(=O)NCC(=O)N2CCCC2)cc(OC)c1. The molecule has 1 aliphatic rings. The van der Waals surface area contributed by atoms with Gasteiger partial charge in [-0.15, -0.1) is 0 Å². The van der Waals surface area contributed by atoms with Gasteiger partial charge in [0.2, 0.25) is 11.8 Å². The van der Waals surface area contributed by atoms with Crippen LogP contribution in [0.3, 0.4) is 0 Å². The average Bonchev–Trinajstić information content (AvgIpc) is 3.12. The number of likely N-dealkylation sites (tertiary alicyclic amines) is 1. The van der Waals surface area contributed by atoms with Crippen LogP contribution in [0, 0.1) is 0 Å². The van der Waals surface area contributed by atoms with Crippen molar-refractivity contribution in [3.63, 3.8) is 0 Å². The highest BCUT2D eigenvalue weighted by atomic mass is 16.5. The van der Waals surface area contributed by atoms with Gasteiger partial charge in [0.25, 0.3) is 0 Å². The summed E-state index contributed by atoms with van der Waals surface area (Å²) >= 11 is 0. The molecule has 1 saturated heterocycles. The second kappa shape index (κ2) is 8.22. The lowest BCUT2D eigenvalue weighted by Crippen LogP contribution is -2.38. The molecule has 23 heavy (non-hydrogen) atoms. The van der Waals surface area contributed by atoms with E-state index in [2.05, 4.69) is 5.32 Å². The lowest BCUT2D eigenvalue weighted by atomic mass is 10.2. The third-order valence-corrected chi connectivity index (χ3v) is 3.67. The molecule has 0 aliphatic carbocycles. The van der Waals surface area contributed by atoms with Gasteiger partial charge < -0.3 is 19.7 Å². The summed E-state index contributed by atoms with van der Waals surface area (Å²) in [5, 5.41) is 2.61. The third kappa shape index (κ3) is 5.02. The minimum Gasteiger partial charge on any atom is -0.497 e. The predicted molar refractivity (Wildman–Crippen MR) is 87.4 cm³/mol. The molecule has 0 bridgehead atoms. The normalized spacial score (nSPS) is 14.1. The van der Waals surface area contributed by atoms with Crippen LogP contribution in [0.1, 0.15) is 18.4 Å². The zero-order valence-corrected chi connectivity index (χ0v) is 13.5. The lowest BCUT2D eigenvalue weighted by Gasteiger charge is -2.14. The van der Waals surface area contributed by atoms with E-state index in [4.69, 9.17) is 9.47 Å². The van der Waals surface area contributed by atoms with Crippen molar-refractivity contribution in [1.29, 1.82) is 0 Å². The Balaban J connectivity index is 1.89. The molecule has 2 amide bonds. The van der Waals surface area contributed by atoms with Crippen molar-refractivity contribution in [2.24, 2.45) is 0 Å². The van der Waals surface area contributed by atoms with Crippen molar-refractivity contribution in [3.05, 3.63) is 29.8 Å². The van der Waals surface area contributed by atoms with E-state index < -0.39 is 0 Å². The molecule has 0 aromatic heterocycles. The van der Waals surface area contributed by atoms with E-state index >= 15 is 0 Å². The minimum atomic E-state index is -0.306. The van der Waals surface area contributed by atoms with Gasteiger partial charge in [-0.25, -0.2) is 0 Å². The number of amides is 2. The standard InChI is InChI=1S/C17H22N2O4/c1-22-14-9-13(10-15(11-14)23-2)5-6-16(20)18-12-17(21)19-7-3-4-8-19/h5-6,9-11H,3-4,7-8,12H2,1-2H3,(H,18,20)/b6-5+. The number of carbonyl (C=O) groups is 2. The Hall–Kier alpha value is -2.50. The highest BCUT2D eigenvalue weighted by Crippen LogP contribution is 2.23. The summed E-state index contributed by atoms with van der Waals surface area (Å²) in [7, 11) is 3.14. The highest BCUT2D eigenvalue weighted by molar-refractivity contribution is 5.94.